The first-order valence-corrected chi connectivity index (χ1v) is 5.71. The maximum atomic E-state index is 13.4. The molecule has 0 heterocycles. The first kappa shape index (κ1) is 12.4. The van der Waals surface area contributed by atoms with Gasteiger partial charge < -0.3 is 5.32 Å². The molecule has 0 radical (unpaired) electrons. The highest BCUT2D eigenvalue weighted by Gasteiger charge is 2.08. The van der Waals surface area contributed by atoms with Crippen molar-refractivity contribution >= 4 is 23.0 Å². The minimum atomic E-state index is -0.541. The van der Waals surface area contributed by atoms with E-state index < -0.39 is 5.82 Å². The van der Waals surface area contributed by atoms with Crippen LogP contribution in [0.15, 0.2) is 36.4 Å². The fraction of sp³-hybridized carbons (Fsp3) is 0.0714. The smallest absolute Gasteiger partial charge is 0.143 e. The third kappa shape index (κ3) is 2.44. The molecule has 0 bridgehead atoms. The Morgan fingerprint density at radius 1 is 1.28 bits per heavy atom. The Balaban J connectivity index is 2.37. The van der Waals surface area contributed by atoms with Crippen LogP contribution in [0.4, 0.5) is 15.8 Å². The van der Waals surface area contributed by atoms with Crippen LogP contribution in [0.3, 0.4) is 0 Å². The molecule has 0 aliphatic heterocycles. The number of nitriles is 1. The zero-order valence-electron chi connectivity index (χ0n) is 9.67. The Kier molecular flexibility index (Phi) is 3.50. The lowest BCUT2D eigenvalue weighted by atomic mass is 10.1. The summed E-state index contributed by atoms with van der Waals surface area (Å²) >= 11 is 6.01. The Labute approximate surface area is 110 Å². The molecule has 18 heavy (non-hydrogen) atoms. The summed E-state index contributed by atoms with van der Waals surface area (Å²) in [6, 6.07) is 11.7. The number of nitrogens with zero attached hydrogens (tertiary/aromatic N) is 1. The van der Waals surface area contributed by atoms with E-state index in [1.54, 1.807) is 18.2 Å². The van der Waals surface area contributed by atoms with Gasteiger partial charge in [0.05, 0.1) is 5.69 Å². The second kappa shape index (κ2) is 5.07. The lowest BCUT2D eigenvalue weighted by Crippen LogP contribution is -1.96. The molecule has 2 nitrogen and oxygen atoms in total. The molecule has 4 heteroatoms. The first-order chi connectivity index (χ1) is 8.61. The van der Waals surface area contributed by atoms with Crippen LogP contribution >= 0.6 is 11.6 Å². The van der Waals surface area contributed by atoms with E-state index in [0.717, 1.165) is 5.56 Å². The molecular weight excluding hydrogens is 251 g/mol. The Morgan fingerprint density at radius 3 is 2.72 bits per heavy atom. The third-order valence-corrected chi connectivity index (χ3v) is 2.98. The molecule has 0 aliphatic rings. The summed E-state index contributed by atoms with van der Waals surface area (Å²) in [5.41, 5.74) is 2.10. The van der Waals surface area contributed by atoms with Gasteiger partial charge in [0.15, 0.2) is 0 Å². The number of rotatable bonds is 2. The highest BCUT2D eigenvalue weighted by molar-refractivity contribution is 6.31. The zero-order chi connectivity index (χ0) is 13.1. The molecule has 90 valence electrons. The first-order valence-electron chi connectivity index (χ1n) is 5.33. The molecule has 1 N–H and O–H groups in total. The number of nitrogens with one attached hydrogen (secondary N) is 1. The van der Waals surface area contributed by atoms with E-state index in [1.165, 1.54) is 6.07 Å². The maximum Gasteiger partial charge on any atom is 0.143 e. The molecular formula is C14H10ClFN2. The molecule has 0 saturated heterocycles. The largest absolute Gasteiger partial charge is 0.354 e. The van der Waals surface area contributed by atoms with Gasteiger partial charge in [-0.25, -0.2) is 4.39 Å². The molecule has 0 amide bonds. The van der Waals surface area contributed by atoms with Crippen molar-refractivity contribution in [2.75, 3.05) is 5.32 Å². The number of halogens is 2. The van der Waals surface area contributed by atoms with Crippen LogP contribution in [0.25, 0.3) is 0 Å². The summed E-state index contributed by atoms with van der Waals surface area (Å²) < 4.78 is 13.4. The summed E-state index contributed by atoms with van der Waals surface area (Å²) in [5.74, 6) is -0.541. The van der Waals surface area contributed by atoms with Crippen molar-refractivity contribution < 1.29 is 4.39 Å². The predicted molar refractivity (Wildman–Crippen MR) is 70.6 cm³/mol. The quantitative estimate of drug-likeness (QED) is 0.869. The number of benzene rings is 2. The van der Waals surface area contributed by atoms with Gasteiger partial charge in [-0.3, -0.25) is 0 Å². The van der Waals surface area contributed by atoms with Gasteiger partial charge in [-0.15, -0.1) is 0 Å². The zero-order valence-corrected chi connectivity index (χ0v) is 10.4. The summed E-state index contributed by atoms with van der Waals surface area (Å²) in [7, 11) is 0. The fourth-order valence-corrected chi connectivity index (χ4v) is 1.75. The highest BCUT2D eigenvalue weighted by Crippen LogP contribution is 2.25. The number of anilines is 2. The van der Waals surface area contributed by atoms with Crippen molar-refractivity contribution in [3.63, 3.8) is 0 Å². The molecule has 0 aliphatic carbocycles. The minimum absolute atomic E-state index is 0.00537. The van der Waals surface area contributed by atoms with Gasteiger partial charge in [-0.1, -0.05) is 23.7 Å². The van der Waals surface area contributed by atoms with Crippen molar-refractivity contribution in [3.05, 3.63) is 58.4 Å². The van der Waals surface area contributed by atoms with E-state index in [4.69, 9.17) is 16.9 Å². The van der Waals surface area contributed by atoms with Crippen molar-refractivity contribution in [1.29, 1.82) is 5.26 Å². The standard InChI is InChI=1S/C14H10ClFN2/c1-9-5-6-10(7-12(9)15)18-14-4-2-3-13(16)11(14)8-17/h2-7,18H,1H3. The van der Waals surface area contributed by atoms with E-state index >= 15 is 0 Å². The maximum absolute atomic E-state index is 13.4. The van der Waals surface area contributed by atoms with Crippen LogP contribution in [0, 0.1) is 24.1 Å². The van der Waals surface area contributed by atoms with Crippen LogP contribution in [-0.2, 0) is 0 Å². The van der Waals surface area contributed by atoms with Crippen LogP contribution in [-0.4, -0.2) is 0 Å². The Bertz CT molecular complexity index is 632. The molecule has 0 aromatic heterocycles. The molecule has 2 aromatic rings. The number of hydrogen-bond donors (Lipinski definition) is 1. The van der Waals surface area contributed by atoms with E-state index in [9.17, 15) is 4.39 Å². The van der Waals surface area contributed by atoms with E-state index in [-0.39, 0.29) is 5.56 Å². The van der Waals surface area contributed by atoms with E-state index in [1.807, 2.05) is 25.1 Å². The molecule has 2 aromatic carbocycles. The molecule has 0 saturated carbocycles. The third-order valence-electron chi connectivity index (χ3n) is 2.58. The fourth-order valence-electron chi connectivity index (χ4n) is 1.57. The lowest BCUT2D eigenvalue weighted by molar-refractivity contribution is 0.624. The number of aryl methyl sites for hydroxylation is 1. The molecule has 0 atom stereocenters. The second-order valence-electron chi connectivity index (χ2n) is 3.86. The topological polar surface area (TPSA) is 35.8 Å². The SMILES string of the molecule is Cc1ccc(Nc2cccc(F)c2C#N)cc1Cl. The van der Waals surface area contributed by atoms with Crippen molar-refractivity contribution in [3.8, 4) is 6.07 Å². The Hall–Kier alpha value is -2.05. The van der Waals surface area contributed by atoms with Crippen molar-refractivity contribution in [1.82, 2.24) is 0 Å². The van der Waals surface area contributed by atoms with Gasteiger partial charge in [0.1, 0.15) is 17.4 Å². The van der Waals surface area contributed by atoms with Gasteiger partial charge in [0.25, 0.3) is 0 Å². The van der Waals surface area contributed by atoms with Gasteiger partial charge >= 0.3 is 0 Å². The Morgan fingerprint density at radius 2 is 2.06 bits per heavy atom. The molecule has 2 rings (SSSR count). The summed E-state index contributed by atoms with van der Waals surface area (Å²) in [6.45, 7) is 1.90. The summed E-state index contributed by atoms with van der Waals surface area (Å²) in [6.07, 6.45) is 0. The highest BCUT2D eigenvalue weighted by atomic mass is 35.5. The molecule has 0 fully saturated rings. The van der Waals surface area contributed by atoms with Gasteiger partial charge in [0.2, 0.25) is 0 Å². The monoisotopic (exact) mass is 260 g/mol. The minimum Gasteiger partial charge on any atom is -0.354 e. The normalized spacial score (nSPS) is 9.89. The van der Waals surface area contributed by atoms with Crippen LogP contribution < -0.4 is 5.32 Å². The van der Waals surface area contributed by atoms with Crippen LogP contribution in [0.1, 0.15) is 11.1 Å². The average molecular weight is 261 g/mol. The second-order valence-corrected chi connectivity index (χ2v) is 4.27. The molecule has 0 unspecified atom stereocenters. The molecule has 0 spiro atoms. The average Bonchev–Trinajstić information content (AvgIpc) is 2.34. The number of hydrogen-bond acceptors (Lipinski definition) is 2. The van der Waals surface area contributed by atoms with Gasteiger partial charge in [0, 0.05) is 10.7 Å². The van der Waals surface area contributed by atoms with Gasteiger partial charge in [-0.05, 0) is 36.8 Å². The lowest BCUT2D eigenvalue weighted by Gasteiger charge is -2.09. The van der Waals surface area contributed by atoms with Crippen molar-refractivity contribution in [2.24, 2.45) is 0 Å². The van der Waals surface area contributed by atoms with Gasteiger partial charge in [-0.2, -0.15) is 5.26 Å². The predicted octanol–water partition coefficient (Wildman–Crippen LogP) is 4.40. The summed E-state index contributed by atoms with van der Waals surface area (Å²) in [5, 5.41) is 12.5. The van der Waals surface area contributed by atoms with Crippen molar-refractivity contribution in [2.45, 2.75) is 6.92 Å². The summed E-state index contributed by atoms with van der Waals surface area (Å²) in [4.78, 5) is 0. The van der Waals surface area contributed by atoms with E-state index in [0.29, 0.717) is 16.4 Å². The van der Waals surface area contributed by atoms with Crippen LogP contribution in [0.5, 0.6) is 0 Å². The van der Waals surface area contributed by atoms with Crippen LogP contribution in [0.2, 0.25) is 5.02 Å². The van der Waals surface area contributed by atoms with E-state index in [2.05, 4.69) is 5.32 Å².